The Balaban J connectivity index is 1.70. The highest BCUT2D eigenvalue weighted by atomic mass is 19.4. The van der Waals surface area contributed by atoms with E-state index in [1.54, 1.807) is 6.20 Å². The van der Waals surface area contributed by atoms with E-state index in [1.807, 2.05) is 12.1 Å². The number of anilines is 1. The number of hydrogen-bond donors (Lipinski definition) is 0. The smallest absolute Gasteiger partial charge is 0.354 e. The Morgan fingerprint density at radius 1 is 1.27 bits per heavy atom. The van der Waals surface area contributed by atoms with E-state index in [-0.39, 0.29) is 6.54 Å². The van der Waals surface area contributed by atoms with E-state index >= 15 is 0 Å². The third-order valence-electron chi connectivity index (χ3n) is 3.93. The van der Waals surface area contributed by atoms with Crippen molar-refractivity contribution in [2.75, 3.05) is 11.4 Å². The monoisotopic (exact) mass is 310 g/mol. The van der Waals surface area contributed by atoms with Crippen molar-refractivity contribution in [2.45, 2.75) is 38.5 Å². The average molecular weight is 310 g/mol. The summed E-state index contributed by atoms with van der Waals surface area (Å²) in [5, 5.41) is 3.54. The first kappa shape index (κ1) is 14.9. The van der Waals surface area contributed by atoms with Gasteiger partial charge in [-0.2, -0.15) is 18.3 Å². The molecular weight excluding hydrogens is 293 g/mol. The zero-order valence-electron chi connectivity index (χ0n) is 12.2. The van der Waals surface area contributed by atoms with Gasteiger partial charge in [0.05, 0.1) is 6.54 Å². The molecule has 1 atom stereocenters. The second kappa shape index (κ2) is 5.62. The molecule has 0 bridgehead atoms. The molecule has 7 heteroatoms. The van der Waals surface area contributed by atoms with Gasteiger partial charge in [-0.05, 0) is 37.5 Å². The third-order valence-corrected chi connectivity index (χ3v) is 3.93. The van der Waals surface area contributed by atoms with Crippen LogP contribution in [0.4, 0.5) is 19.0 Å². The first-order valence-electron chi connectivity index (χ1n) is 7.26. The Morgan fingerprint density at radius 3 is 2.64 bits per heavy atom. The molecule has 1 aliphatic rings. The van der Waals surface area contributed by atoms with E-state index in [4.69, 9.17) is 0 Å². The maximum absolute atomic E-state index is 12.5. The second-order valence-corrected chi connectivity index (χ2v) is 5.61. The van der Waals surface area contributed by atoms with Crippen LogP contribution >= 0.6 is 0 Å². The van der Waals surface area contributed by atoms with Crippen molar-refractivity contribution in [3.63, 3.8) is 0 Å². The van der Waals surface area contributed by atoms with Crippen molar-refractivity contribution in [2.24, 2.45) is 0 Å². The molecule has 0 unspecified atom stereocenters. The van der Waals surface area contributed by atoms with Gasteiger partial charge in [0.2, 0.25) is 0 Å². The zero-order chi connectivity index (χ0) is 15.7. The van der Waals surface area contributed by atoms with Crippen LogP contribution in [0.25, 0.3) is 0 Å². The Kier molecular flexibility index (Phi) is 3.80. The van der Waals surface area contributed by atoms with Crippen LogP contribution in [-0.2, 0) is 12.7 Å². The number of alkyl halides is 3. The highest BCUT2D eigenvalue weighted by Crippen LogP contribution is 2.27. The van der Waals surface area contributed by atoms with Gasteiger partial charge >= 0.3 is 6.18 Å². The number of nitrogens with zero attached hydrogens (tertiary/aromatic N) is 4. The number of rotatable bonds is 3. The molecule has 0 saturated carbocycles. The summed E-state index contributed by atoms with van der Waals surface area (Å²) in [7, 11) is 0. The summed E-state index contributed by atoms with van der Waals surface area (Å²) in [6.45, 7) is 3.45. The van der Waals surface area contributed by atoms with Gasteiger partial charge in [-0.15, -0.1) is 0 Å². The molecule has 0 aromatic carbocycles. The van der Waals surface area contributed by atoms with Crippen molar-refractivity contribution in [3.05, 3.63) is 41.9 Å². The van der Waals surface area contributed by atoms with E-state index in [0.29, 0.717) is 6.04 Å². The Labute approximate surface area is 126 Å². The predicted molar refractivity (Wildman–Crippen MR) is 76.6 cm³/mol. The van der Waals surface area contributed by atoms with Crippen LogP contribution in [0.1, 0.15) is 31.0 Å². The number of halogens is 3. The molecule has 1 saturated heterocycles. The van der Waals surface area contributed by atoms with Crippen LogP contribution in [-0.4, -0.2) is 27.4 Å². The summed E-state index contributed by atoms with van der Waals surface area (Å²) in [4.78, 5) is 6.67. The lowest BCUT2D eigenvalue weighted by Gasteiger charge is -2.22. The number of aromatic nitrogens is 3. The lowest BCUT2D eigenvalue weighted by atomic mass is 10.2. The summed E-state index contributed by atoms with van der Waals surface area (Å²) >= 11 is 0. The molecule has 0 N–H and O–H groups in total. The fraction of sp³-hybridized carbons (Fsp3) is 0.467. The van der Waals surface area contributed by atoms with Gasteiger partial charge in [-0.25, -0.2) is 4.98 Å². The average Bonchev–Trinajstić information content (AvgIpc) is 3.08. The molecule has 0 spiro atoms. The largest absolute Gasteiger partial charge is 0.435 e. The summed E-state index contributed by atoms with van der Waals surface area (Å²) < 4.78 is 38.8. The summed E-state index contributed by atoms with van der Waals surface area (Å²) in [6, 6.07) is 5.28. The SMILES string of the molecule is C[C@H]1CCCN1c1ccc(Cn2ccc(C(F)(F)F)n2)cn1. The van der Waals surface area contributed by atoms with Gasteiger partial charge in [-0.1, -0.05) is 6.07 Å². The molecule has 1 fully saturated rings. The Hall–Kier alpha value is -2.05. The number of pyridine rings is 1. The second-order valence-electron chi connectivity index (χ2n) is 5.61. The minimum absolute atomic E-state index is 0.277. The summed E-state index contributed by atoms with van der Waals surface area (Å²) in [6.07, 6.45) is 0.961. The molecular formula is C15H17F3N4. The van der Waals surface area contributed by atoms with Gasteiger partial charge in [0.1, 0.15) is 5.82 Å². The first-order valence-corrected chi connectivity index (χ1v) is 7.26. The highest BCUT2D eigenvalue weighted by Gasteiger charge is 2.33. The Morgan fingerprint density at radius 2 is 2.09 bits per heavy atom. The lowest BCUT2D eigenvalue weighted by Crippen LogP contribution is -2.27. The molecule has 2 aromatic rings. The maximum atomic E-state index is 12.5. The molecule has 4 nitrogen and oxygen atoms in total. The molecule has 0 aliphatic carbocycles. The predicted octanol–water partition coefficient (Wildman–Crippen LogP) is 3.33. The van der Waals surface area contributed by atoms with Crippen LogP contribution in [0.5, 0.6) is 0 Å². The van der Waals surface area contributed by atoms with Gasteiger partial charge in [-0.3, -0.25) is 4.68 Å². The molecule has 0 amide bonds. The lowest BCUT2D eigenvalue weighted by molar-refractivity contribution is -0.141. The quantitative estimate of drug-likeness (QED) is 0.872. The van der Waals surface area contributed by atoms with Gasteiger partial charge in [0.15, 0.2) is 5.69 Å². The topological polar surface area (TPSA) is 34.0 Å². The van der Waals surface area contributed by atoms with Gasteiger partial charge < -0.3 is 4.90 Å². The fourth-order valence-corrected chi connectivity index (χ4v) is 2.74. The highest BCUT2D eigenvalue weighted by molar-refractivity contribution is 5.41. The molecule has 3 rings (SSSR count). The summed E-state index contributed by atoms with van der Waals surface area (Å²) in [5.41, 5.74) is -0.0459. The van der Waals surface area contributed by atoms with E-state index < -0.39 is 11.9 Å². The molecule has 3 heterocycles. The van der Waals surface area contributed by atoms with Crippen molar-refractivity contribution < 1.29 is 13.2 Å². The van der Waals surface area contributed by atoms with E-state index in [0.717, 1.165) is 36.8 Å². The normalized spacial score (nSPS) is 18.9. The van der Waals surface area contributed by atoms with Crippen LogP contribution in [0, 0.1) is 0 Å². The van der Waals surface area contributed by atoms with Crippen molar-refractivity contribution in [3.8, 4) is 0 Å². The van der Waals surface area contributed by atoms with E-state index in [1.165, 1.54) is 10.9 Å². The van der Waals surface area contributed by atoms with Crippen LogP contribution in [0.15, 0.2) is 30.6 Å². The zero-order valence-corrected chi connectivity index (χ0v) is 12.2. The molecule has 118 valence electrons. The number of hydrogen-bond acceptors (Lipinski definition) is 3. The Bertz CT molecular complexity index is 633. The molecule has 1 aliphatic heterocycles. The minimum atomic E-state index is -4.40. The third kappa shape index (κ3) is 3.08. The van der Waals surface area contributed by atoms with Crippen molar-refractivity contribution in [1.82, 2.24) is 14.8 Å². The van der Waals surface area contributed by atoms with E-state index in [9.17, 15) is 13.2 Å². The first-order chi connectivity index (χ1) is 10.4. The molecule has 22 heavy (non-hydrogen) atoms. The van der Waals surface area contributed by atoms with Gasteiger partial charge in [0.25, 0.3) is 0 Å². The standard InChI is InChI=1S/C15H17F3N4/c1-11-3-2-7-22(11)14-5-4-12(9-19-14)10-21-8-6-13(20-21)15(16,17)18/h4-6,8-9,11H,2-3,7,10H2,1H3/t11-/m0/s1. The van der Waals surface area contributed by atoms with Crippen LogP contribution < -0.4 is 4.90 Å². The van der Waals surface area contributed by atoms with Crippen molar-refractivity contribution in [1.29, 1.82) is 0 Å². The molecule has 0 radical (unpaired) electrons. The van der Waals surface area contributed by atoms with Crippen LogP contribution in [0.3, 0.4) is 0 Å². The van der Waals surface area contributed by atoms with Crippen molar-refractivity contribution >= 4 is 5.82 Å². The summed E-state index contributed by atoms with van der Waals surface area (Å²) in [5.74, 6) is 0.921. The van der Waals surface area contributed by atoms with Crippen LogP contribution in [0.2, 0.25) is 0 Å². The van der Waals surface area contributed by atoms with Gasteiger partial charge in [0, 0.05) is 25.0 Å². The fourth-order valence-electron chi connectivity index (χ4n) is 2.74. The van der Waals surface area contributed by atoms with E-state index in [2.05, 4.69) is 21.9 Å². The molecule has 2 aromatic heterocycles. The maximum Gasteiger partial charge on any atom is 0.435 e. The minimum Gasteiger partial charge on any atom is -0.354 e.